The standard InChI is InChI=1S/C30H34N2O5/c1-3-28(33)32-15-14-21-10-11-23(17-26(21)29(32)22-8-6-20(2)7-9-22)36-19-25-12-13-27(37-25)30(34)31-18-24-5-4-16-35-24/h6-13,17,24,29H,3-5,14-16,18-19H2,1-2H3,(H,31,34)/t24-,29-/m1/s1. The first-order valence-corrected chi connectivity index (χ1v) is 13.1. The summed E-state index contributed by atoms with van der Waals surface area (Å²) in [5, 5.41) is 2.87. The van der Waals surface area contributed by atoms with E-state index in [2.05, 4.69) is 42.6 Å². The summed E-state index contributed by atoms with van der Waals surface area (Å²) in [6.45, 7) is 6.11. The van der Waals surface area contributed by atoms with Gasteiger partial charge in [0.25, 0.3) is 5.91 Å². The zero-order valence-electron chi connectivity index (χ0n) is 21.5. The predicted molar refractivity (Wildman–Crippen MR) is 140 cm³/mol. The van der Waals surface area contributed by atoms with Crippen LogP contribution in [-0.4, -0.2) is 42.5 Å². The van der Waals surface area contributed by atoms with Gasteiger partial charge in [-0.15, -0.1) is 0 Å². The van der Waals surface area contributed by atoms with E-state index in [1.165, 1.54) is 11.1 Å². The van der Waals surface area contributed by atoms with Gasteiger partial charge in [0.1, 0.15) is 18.1 Å². The number of carbonyl (C=O) groups excluding carboxylic acids is 2. The largest absolute Gasteiger partial charge is 0.486 e. The third kappa shape index (κ3) is 5.72. The van der Waals surface area contributed by atoms with Crippen LogP contribution in [0.5, 0.6) is 5.75 Å². The van der Waals surface area contributed by atoms with E-state index in [0.29, 0.717) is 31.0 Å². The summed E-state index contributed by atoms with van der Waals surface area (Å²) in [6.07, 6.45) is 3.36. The highest BCUT2D eigenvalue weighted by Crippen LogP contribution is 2.37. The molecular weight excluding hydrogens is 468 g/mol. The molecule has 0 bridgehead atoms. The van der Waals surface area contributed by atoms with Crippen LogP contribution in [0.4, 0.5) is 0 Å². The van der Waals surface area contributed by atoms with Gasteiger partial charge in [-0.3, -0.25) is 9.59 Å². The summed E-state index contributed by atoms with van der Waals surface area (Å²) >= 11 is 0. The van der Waals surface area contributed by atoms with E-state index in [4.69, 9.17) is 13.9 Å². The SMILES string of the molecule is CCC(=O)N1CCc2ccc(OCc3ccc(C(=O)NC[C@H]4CCCO4)o3)cc2[C@H]1c1ccc(C)cc1. The zero-order valence-corrected chi connectivity index (χ0v) is 21.5. The third-order valence-electron chi connectivity index (χ3n) is 7.14. The molecule has 2 amide bonds. The maximum atomic E-state index is 12.8. The Morgan fingerprint density at radius 3 is 2.70 bits per heavy atom. The average Bonchev–Trinajstić information content (AvgIpc) is 3.62. The first kappa shape index (κ1) is 25.1. The van der Waals surface area contributed by atoms with E-state index in [1.54, 1.807) is 12.1 Å². The summed E-state index contributed by atoms with van der Waals surface area (Å²) in [7, 11) is 0. The van der Waals surface area contributed by atoms with Crippen molar-refractivity contribution in [2.75, 3.05) is 19.7 Å². The van der Waals surface area contributed by atoms with Crippen molar-refractivity contribution in [2.45, 2.75) is 58.3 Å². The van der Waals surface area contributed by atoms with Crippen LogP contribution in [0.1, 0.15) is 70.8 Å². The van der Waals surface area contributed by atoms with Gasteiger partial charge in [0.05, 0.1) is 12.1 Å². The Labute approximate surface area is 217 Å². The van der Waals surface area contributed by atoms with Gasteiger partial charge in [0.15, 0.2) is 5.76 Å². The molecule has 5 rings (SSSR count). The van der Waals surface area contributed by atoms with E-state index < -0.39 is 0 Å². The molecule has 3 aromatic rings. The average molecular weight is 503 g/mol. The Balaban J connectivity index is 1.29. The molecule has 1 aromatic heterocycles. The number of hydrogen-bond acceptors (Lipinski definition) is 5. The van der Waals surface area contributed by atoms with Crippen LogP contribution in [-0.2, 0) is 22.6 Å². The number of benzene rings is 2. The minimum absolute atomic E-state index is 0.0815. The summed E-state index contributed by atoms with van der Waals surface area (Å²) < 4.78 is 17.3. The fourth-order valence-electron chi connectivity index (χ4n) is 5.09. The third-order valence-corrected chi connectivity index (χ3v) is 7.14. The number of aryl methyl sites for hydroxylation is 1. The highest BCUT2D eigenvalue weighted by Gasteiger charge is 2.31. The molecule has 0 spiro atoms. The van der Waals surface area contributed by atoms with Gasteiger partial charge in [-0.1, -0.05) is 42.8 Å². The topological polar surface area (TPSA) is 81.0 Å². The smallest absolute Gasteiger partial charge is 0.287 e. The van der Waals surface area contributed by atoms with Crippen molar-refractivity contribution in [1.29, 1.82) is 0 Å². The molecule has 37 heavy (non-hydrogen) atoms. The molecule has 0 aliphatic carbocycles. The lowest BCUT2D eigenvalue weighted by Crippen LogP contribution is -2.40. The van der Waals surface area contributed by atoms with Gasteiger partial charge in [-0.2, -0.15) is 0 Å². The van der Waals surface area contributed by atoms with Crippen molar-refractivity contribution in [3.63, 3.8) is 0 Å². The monoisotopic (exact) mass is 502 g/mol. The normalized spacial score (nSPS) is 18.9. The Hall–Kier alpha value is -3.58. The number of ether oxygens (including phenoxy) is 2. The Morgan fingerprint density at radius 2 is 1.95 bits per heavy atom. The van der Waals surface area contributed by atoms with Crippen LogP contribution in [0.25, 0.3) is 0 Å². The van der Waals surface area contributed by atoms with E-state index >= 15 is 0 Å². The fourth-order valence-corrected chi connectivity index (χ4v) is 5.09. The van der Waals surface area contributed by atoms with Crippen molar-refractivity contribution in [3.05, 3.63) is 88.4 Å². The molecule has 2 atom stereocenters. The molecule has 7 heteroatoms. The van der Waals surface area contributed by atoms with Crippen LogP contribution in [0, 0.1) is 6.92 Å². The summed E-state index contributed by atoms with van der Waals surface area (Å²) in [6, 6.07) is 17.7. The van der Waals surface area contributed by atoms with Gasteiger partial charge in [0.2, 0.25) is 5.91 Å². The Bertz CT molecular complexity index is 1240. The summed E-state index contributed by atoms with van der Waals surface area (Å²) in [4.78, 5) is 27.2. The van der Waals surface area contributed by atoms with Crippen molar-refractivity contribution in [1.82, 2.24) is 10.2 Å². The molecule has 2 aliphatic heterocycles. The van der Waals surface area contributed by atoms with Gasteiger partial charge < -0.3 is 24.1 Å². The molecule has 7 nitrogen and oxygen atoms in total. The second-order valence-electron chi connectivity index (χ2n) is 9.76. The van der Waals surface area contributed by atoms with Crippen LogP contribution in [0.15, 0.2) is 59.0 Å². The van der Waals surface area contributed by atoms with E-state index in [0.717, 1.165) is 37.0 Å². The van der Waals surface area contributed by atoms with Gasteiger partial charge >= 0.3 is 0 Å². The second kappa shape index (κ2) is 11.2. The highest BCUT2D eigenvalue weighted by molar-refractivity contribution is 5.91. The number of nitrogens with one attached hydrogen (secondary N) is 1. The number of hydrogen-bond donors (Lipinski definition) is 1. The number of furan rings is 1. The maximum absolute atomic E-state index is 12.8. The van der Waals surface area contributed by atoms with E-state index in [9.17, 15) is 9.59 Å². The summed E-state index contributed by atoms with van der Waals surface area (Å²) in [5.41, 5.74) is 4.59. The van der Waals surface area contributed by atoms with Crippen molar-refractivity contribution in [2.24, 2.45) is 0 Å². The van der Waals surface area contributed by atoms with Crippen molar-refractivity contribution < 1.29 is 23.5 Å². The van der Waals surface area contributed by atoms with Crippen LogP contribution in [0.2, 0.25) is 0 Å². The van der Waals surface area contributed by atoms with Crippen LogP contribution in [0.3, 0.4) is 0 Å². The number of carbonyl (C=O) groups is 2. The first-order chi connectivity index (χ1) is 18.0. The minimum Gasteiger partial charge on any atom is -0.486 e. The number of amides is 2. The second-order valence-corrected chi connectivity index (χ2v) is 9.76. The van der Waals surface area contributed by atoms with Crippen molar-refractivity contribution in [3.8, 4) is 5.75 Å². The first-order valence-electron chi connectivity index (χ1n) is 13.1. The fraction of sp³-hybridized carbons (Fsp3) is 0.400. The molecule has 0 saturated carbocycles. The zero-order chi connectivity index (χ0) is 25.8. The summed E-state index contributed by atoms with van der Waals surface area (Å²) in [5.74, 6) is 1.41. The highest BCUT2D eigenvalue weighted by atomic mass is 16.5. The predicted octanol–water partition coefficient (Wildman–Crippen LogP) is 4.96. The molecule has 194 valence electrons. The maximum Gasteiger partial charge on any atom is 0.287 e. The quantitative estimate of drug-likeness (QED) is 0.471. The molecule has 1 saturated heterocycles. The molecule has 1 fully saturated rings. The van der Waals surface area contributed by atoms with Crippen LogP contribution >= 0.6 is 0 Å². The molecule has 1 N–H and O–H groups in total. The van der Waals surface area contributed by atoms with Crippen molar-refractivity contribution >= 4 is 11.8 Å². The lowest BCUT2D eigenvalue weighted by atomic mass is 9.87. The molecule has 3 heterocycles. The molecular formula is C30H34N2O5. The van der Waals surface area contributed by atoms with Crippen LogP contribution < -0.4 is 10.1 Å². The molecule has 2 aliphatic rings. The lowest BCUT2D eigenvalue weighted by Gasteiger charge is -2.38. The Morgan fingerprint density at radius 1 is 1.11 bits per heavy atom. The molecule has 0 unspecified atom stereocenters. The minimum atomic E-state index is -0.253. The lowest BCUT2D eigenvalue weighted by molar-refractivity contribution is -0.132. The molecule has 0 radical (unpaired) electrons. The van der Waals surface area contributed by atoms with Gasteiger partial charge in [-0.25, -0.2) is 0 Å². The van der Waals surface area contributed by atoms with Gasteiger partial charge in [-0.05, 0) is 67.1 Å². The number of rotatable bonds is 8. The number of nitrogens with zero attached hydrogens (tertiary/aromatic N) is 1. The van der Waals surface area contributed by atoms with E-state index in [-0.39, 0.29) is 36.3 Å². The number of fused-ring (bicyclic) bond motifs is 1. The van der Waals surface area contributed by atoms with E-state index in [1.807, 2.05) is 24.0 Å². The Kier molecular flexibility index (Phi) is 7.60. The van der Waals surface area contributed by atoms with Gasteiger partial charge in [0, 0.05) is 26.1 Å². The molecule has 2 aromatic carbocycles.